The molecule has 0 aliphatic heterocycles. The summed E-state index contributed by atoms with van der Waals surface area (Å²) in [5.74, 6) is -0.215. The largest absolute Gasteiger partial charge is 0.354 e. The predicted molar refractivity (Wildman–Crippen MR) is 105 cm³/mol. The van der Waals surface area contributed by atoms with Crippen LogP contribution in [-0.2, 0) is 22.6 Å². The van der Waals surface area contributed by atoms with Gasteiger partial charge in [0, 0.05) is 18.1 Å². The number of hydrogen-bond acceptors (Lipinski definition) is 2. The van der Waals surface area contributed by atoms with Crippen LogP contribution in [0.15, 0.2) is 54.6 Å². The van der Waals surface area contributed by atoms with Gasteiger partial charge < -0.3 is 10.2 Å². The van der Waals surface area contributed by atoms with Crippen molar-refractivity contribution >= 4 is 23.4 Å². The van der Waals surface area contributed by atoms with Gasteiger partial charge in [0.1, 0.15) is 6.04 Å². The SMILES string of the molecule is CCCNC(=O)[C@H](C)N(Cc1ccc(Cl)cc1)C(=O)Cc1ccccc1. The number of benzene rings is 2. The minimum Gasteiger partial charge on any atom is -0.354 e. The third-order valence-corrected chi connectivity index (χ3v) is 4.43. The fraction of sp³-hybridized carbons (Fsp3) is 0.333. The molecule has 1 N–H and O–H groups in total. The van der Waals surface area contributed by atoms with Crippen LogP contribution in [0.1, 0.15) is 31.4 Å². The normalized spacial score (nSPS) is 11.7. The minimum absolute atomic E-state index is 0.0784. The highest BCUT2D eigenvalue weighted by molar-refractivity contribution is 6.30. The van der Waals surface area contributed by atoms with Crippen LogP contribution in [-0.4, -0.2) is 29.3 Å². The van der Waals surface area contributed by atoms with Gasteiger partial charge in [-0.2, -0.15) is 0 Å². The third kappa shape index (κ3) is 5.88. The van der Waals surface area contributed by atoms with Crippen LogP contribution >= 0.6 is 11.6 Å². The summed E-state index contributed by atoms with van der Waals surface area (Å²) < 4.78 is 0. The highest BCUT2D eigenvalue weighted by Crippen LogP contribution is 2.15. The van der Waals surface area contributed by atoms with Crippen LogP contribution in [0.25, 0.3) is 0 Å². The van der Waals surface area contributed by atoms with Gasteiger partial charge in [0.2, 0.25) is 11.8 Å². The average molecular weight is 373 g/mol. The molecule has 0 aromatic heterocycles. The van der Waals surface area contributed by atoms with E-state index in [2.05, 4.69) is 5.32 Å². The number of amides is 2. The summed E-state index contributed by atoms with van der Waals surface area (Å²) in [6.07, 6.45) is 1.12. The zero-order valence-electron chi connectivity index (χ0n) is 15.2. The van der Waals surface area contributed by atoms with Gasteiger partial charge in [0.15, 0.2) is 0 Å². The standard InChI is InChI=1S/C21H25ClN2O2/c1-3-13-23-21(26)16(2)24(15-18-9-11-19(22)12-10-18)20(25)14-17-7-5-4-6-8-17/h4-12,16H,3,13-15H2,1-2H3,(H,23,26)/t16-/m0/s1. The van der Waals surface area contributed by atoms with Crippen molar-refractivity contribution in [3.8, 4) is 0 Å². The first-order chi connectivity index (χ1) is 12.5. The summed E-state index contributed by atoms with van der Waals surface area (Å²) in [4.78, 5) is 27.0. The Morgan fingerprint density at radius 3 is 2.31 bits per heavy atom. The Morgan fingerprint density at radius 2 is 1.69 bits per heavy atom. The number of rotatable bonds is 8. The monoisotopic (exact) mass is 372 g/mol. The second kappa shape index (κ2) is 9.97. The molecule has 2 amide bonds. The lowest BCUT2D eigenvalue weighted by molar-refractivity contribution is -0.140. The van der Waals surface area contributed by atoms with Crippen molar-refractivity contribution < 1.29 is 9.59 Å². The fourth-order valence-corrected chi connectivity index (χ4v) is 2.76. The molecule has 2 rings (SSSR count). The average Bonchev–Trinajstić information content (AvgIpc) is 2.65. The topological polar surface area (TPSA) is 49.4 Å². The van der Waals surface area contributed by atoms with Gasteiger partial charge in [-0.1, -0.05) is 61.0 Å². The highest BCUT2D eigenvalue weighted by atomic mass is 35.5. The van der Waals surface area contributed by atoms with E-state index in [1.807, 2.05) is 49.4 Å². The Labute approximate surface area is 160 Å². The summed E-state index contributed by atoms with van der Waals surface area (Å²) in [6, 6.07) is 16.3. The molecule has 0 aliphatic carbocycles. The van der Waals surface area contributed by atoms with Crippen molar-refractivity contribution in [1.29, 1.82) is 0 Å². The van der Waals surface area contributed by atoms with Gasteiger partial charge >= 0.3 is 0 Å². The maximum absolute atomic E-state index is 12.9. The van der Waals surface area contributed by atoms with Crippen LogP contribution in [0.2, 0.25) is 5.02 Å². The van der Waals surface area contributed by atoms with E-state index >= 15 is 0 Å². The Kier molecular flexibility index (Phi) is 7.67. The summed E-state index contributed by atoms with van der Waals surface area (Å²) in [5.41, 5.74) is 1.87. The van der Waals surface area contributed by atoms with Gasteiger partial charge in [-0.15, -0.1) is 0 Å². The van der Waals surface area contributed by atoms with Crippen LogP contribution in [0, 0.1) is 0 Å². The Balaban J connectivity index is 2.17. The molecule has 4 nitrogen and oxygen atoms in total. The molecule has 0 unspecified atom stereocenters. The van der Waals surface area contributed by atoms with E-state index in [9.17, 15) is 9.59 Å². The summed E-state index contributed by atoms with van der Waals surface area (Å²) in [5, 5.41) is 3.52. The molecule has 2 aromatic rings. The molecule has 0 spiro atoms. The summed E-state index contributed by atoms with van der Waals surface area (Å²) in [6.45, 7) is 4.73. The van der Waals surface area contributed by atoms with Gasteiger partial charge in [-0.3, -0.25) is 9.59 Å². The molecule has 0 fully saturated rings. The molecule has 0 aliphatic rings. The maximum Gasteiger partial charge on any atom is 0.242 e. The fourth-order valence-electron chi connectivity index (χ4n) is 2.64. The number of halogens is 1. The smallest absolute Gasteiger partial charge is 0.242 e. The molecule has 1 atom stereocenters. The summed E-state index contributed by atoms with van der Waals surface area (Å²) >= 11 is 5.94. The first-order valence-electron chi connectivity index (χ1n) is 8.86. The van der Waals surface area contributed by atoms with Gasteiger partial charge in [0.25, 0.3) is 0 Å². The lowest BCUT2D eigenvalue weighted by Crippen LogP contribution is -2.48. The van der Waals surface area contributed by atoms with E-state index in [0.29, 0.717) is 18.1 Å². The Hall–Kier alpha value is -2.33. The second-order valence-electron chi connectivity index (χ2n) is 6.28. The summed E-state index contributed by atoms with van der Waals surface area (Å²) in [7, 11) is 0. The zero-order valence-corrected chi connectivity index (χ0v) is 16.0. The quantitative estimate of drug-likeness (QED) is 0.765. The number of carbonyl (C=O) groups is 2. The van der Waals surface area contributed by atoms with Crippen LogP contribution in [0.4, 0.5) is 0 Å². The molecule has 0 heterocycles. The first-order valence-corrected chi connectivity index (χ1v) is 9.24. The lowest BCUT2D eigenvalue weighted by atomic mass is 10.1. The molecule has 0 saturated heterocycles. The minimum atomic E-state index is -0.548. The van der Waals surface area contributed by atoms with Gasteiger partial charge in [-0.05, 0) is 36.6 Å². The van der Waals surface area contributed by atoms with Crippen molar-refractivity contribution in [1.82, 2.24) is 10.2 Å². The van der Waals surface area contributed by atoms with Gasteiger partial charge in [-0.25, -0.2) is 0 Å². The van der Waals surface area contributed by atoms with Crippen molar-refractivity contribution in [3.63, 3.8) is 0 Å². The predicted octanol–water partition coefficient (Wildman–Crippen LogP) is 3.83. The van der Waals surface area contributed by atoms with Crippen LogP contribution in [0.3, 0.4) is 0 Å². The van der Waals surface area contributed by atoms with E-state index in [0.717, 1.165) is 17.5 Å². The Bertz CT molecular complexity index is 717. The molecule has 0 bridgehead atoms. The van der Waals surface area contributed by atoms with Gasteiger partial charge in [0.05, 0.1) is 6.42 Å². The number of carbonyl (C=O) groups excluding carboxylic acids is 2. The van der Waals surface area contributed by atoms with E-state index in [1.165, 1.54) is 0 Å². The van der Waals surface area contributed by atoms with Crippen LogP contribution < -0.4 is 5.32 Å². The van der Waals surface area contributed by atoms with Crippen LogP contribution in [0.5, 0.6) is 0 Å². The molecular formula is C21H25ClN2O2. The zero-order chi connectivity index (χ0) is 18.9. The number of nitrogens with one attached hydrogen (secondary N) is 1. The maximum atomic E-state index is 12.9. The first kappa shape index (κ1) is 20.0. The molecule has 26 heavy (non-hydrogen) atoms. The van der Waals surface area contributed by atoms with Crippen molar-refractivity contribution in [2.75, 3.05) is 6.54 Å². The Morgan fingerprint density at radius 1 is 1.04 bits per heavy atom. The molecule has 138 valence electrons. The van der Waals surface area contributed by atoms with Crippen molar-refractivity contribution in [2.24, 2.45) is 0 Å². The molecule has 5 heteroatoms. The number of hydrogen-bond donors (Lipinski definition) is 1. The van der Waals surface area contributed by atoms with E-state index in [-0.39, 0.29) is 18.2 Å². The van der Waals surface area contributed by atoms with Crippen molar-refractivity contribution in [3.05, 3.63) is 70.7 Å². The van der Waals surface area contributed by atoms with E-state index in [1.54, 1.807) is 24.0 Å². The van der Waals surface area contributed by atoms with E-state index < -0.39 is 6.04 Å². The third-order valence-electron chi connectivity index (χ3n) is 4.18. The second-order valence-corrected chi connectivity index (χ2v) is 6.71. The molecular weight excluding hydrogens is 348 g/mol. The molecule has 0 radical (unpaired) electrons. The van der Waals surface area contributed by atoms with E-state index in [4.69, 9.17) is 11.6 Å². The molecule has 0 saturated carbocycles. The highest BCUT2D eigenvalue weighted by Gasteiger charge is 2.25. The number of nitrogens with zero attached hydrogens (tertiary/aromatic N) is 1. The lowest BCUT2D eigenvalue weighted by Gasteiger charge is -2.29. The molecule has 2 aromatic carbocycles. The van der Waals surface area contributed by atoms with Crippen molar-refractivity contribution in [2.45, 2.75) is 39.3 Å².